The zero-order valence-electron chi connectivity index (χ0n) is 16.6. The van der Waals surface area contributed by atoms with E-state index in [1.54, 1.807) is 0 Å². The zero-order valence-corrected chi connectivity index (χ0v) is 17.5. The molecular weight excluding hydrogens is 363 g/mol. The van der Waals surface area contributed by atoms with Crippen molar-refractivity contribution < 1.29 is 4.52 Å². The van der Waals surface area contributed by atoms with Crippen molar-refractivity contribution in [3.63, 3.8) is 0 Å². The fourth-order valence-corrected chi connectivity index (χ4v) is 6.11. The van der Waals surface area contributed by atoms with Gasteiger partial charge in [0, 0.05) is 0 Å². The highest BCUT2D eigenvalue weighted by molar-refractivity contribution is 7.47. The number of hydrogen-bond acceptors (Lipinski definition) is 3. The van der Waals surface area contributed by atoms with Gasteiger partial charge in [0.1, 0.15) is 0 Å². The van der Waals surface area contributed by atoms with Crippen LogP contribution in [0.15, 0.2) is 91.0 Å². The molecule has 0 bridgehead atoms. The van der Waals surface area contributed by atoms with Crippen molar-refractivity contribution >= 4 is 8.45 Å². The van der Waals surface area contributed by atoms with Crippen LogP contribution in [0.2, 0.25) is 0 Å². The SMILES string of the molecule is C[C@H](OP1N(C)[C@H](c2ccccc2)[C@@H](c2ccccc2)N1C)c1ccccc1. The van der Waals surface area contributed by atoms with Crippen LogP contribution < -0.4 is 0 Å². The molecule has 4 rings (SSSR count). The molecule has 0 aliphatic carbocycles. The van der Waals surface area contributed by atoms with Gasteiger partial charge in [-0.15, -0.1) is 0 Å². The van der Waals surface area contributed by atoms with Crippen molar-refractivity contribution in [2.24, 2.45) is 0 Å². The van der Waals surface area contributed by atoms with E-state index in [0.29, 0.717) is 0 Å². The lowest BCUT2D eigenvalue weighted by Gasteiger charge is -2.28. The molecule has 3 atom stereocenters. The first-order valence-electron chi connectivity index (χ1n) is 9.74. The van der Waals surface area contributed by atoms with E-state index in [1.165, 1.54) is 16.7 Å². The van der Waals surface area contributed by atoms with Crippen LogP contribution in [0, 0.1) is 0 Å². The second-order valence-corrected chi connectivity index (χ2v) is 9.25. The van der Waals surface area contributed by atoms with Gasteiger partial charge in [0.25, 0.3) is 0 Å². The second kappa shape index (κ2) is 8.55. The lowest BCUT2D eigenvalue weighted by molar-refractivity contribution is 0.223. The highest BCUT2D eigenvalue weighted by Crippen LogP contribution is 2.64. The quantitative estimate of drug-likeness (QED) is 0.472. The van der Waals surface area contributed by atoms with E-state index >= 15 is 0 Å². The lowest BCUT2D eigenvalue weighted by atomic mass is 9.93. The molecule has 28 heavy (non-hydrogen) atoms. The molecule has 0 spiro atoms. The van der Waals surface area contributed by atoms with E-state index in [2.05, 4.69) is 115 Å². The van der Waals surface area contributed by atoms with E-state index in [0.717, 1.165) is 0 Å². The Morgan fingerprint density at radius 3 is 1.50 bits per heavy atom. The Hall–Kier alpha value is -2.03. The Morgan fingerprint density at radius 1 is 0.679 bits per heavy atom. The molecule has 0 N–H and O–H groups in total. The summed E-state index contributed by atoms with van der Waals surface area (Å²) >= 11 is 0. The molecule has 1 saturated heterocycles. The van der Waals surface area contributed by atoms with E-state index in [4.69, 9.17) is 4.52 Å². The van der Waals surface area contributed by atoms with Crippen LogP contribution in [0.1, 0.15) is 41.8 Å². The van der Waals surface area contributed by atoms with Crippen molar-refractivity contribution in [1.29, 1.82) is 0 Å². The molecule has 1 heterocycles. The van der Waals surface area contributed by atoms with Crippen molar-refractivity contribution in [3.05, 3.63) is 108 Å². The molecule has 1 aliphatic heterocycles. The predicted molar refractivity (Wildman–Crippen MR) is 117 cm³/mol. The fraction of sp³-hybridized carbons (Fsp3) is 0.250. The molecule has 0 aromatic heterocycles. The molecule has 0 radical (unpaired) electrons. The van der Waals surface area contributed by atoms with Crippen LogP contribution in [0.5, 0.6) is 0 Å². The molecule has 3 aromatic carbocycles. The summed E-state index contributed by atoms with van der Waals surface area (Å²) in [5.41, 5.74) is 3.87. The molecule has 0 saturated carbocycles. The van der Waals surface area contributed by atoms with Crippen molar-refractivity contribution in [2.75, 3.05) is 14.1 Å². The molecule has 0 unspecified atom stereocenters. The molecule has 3 nitrogen and oxygen atoms in total. The number of likely N-dealkylation sites (N-methyl/N-ethyl adjacent to an activating group) is 2. The Morgan fingerprint density at radius 2 is 1.07 bits per heavy atom. The van der Waals surface area contributed by atoms with E-state index in [1.807, 2.05) is 6.07 Å². The fourth-order valence-electron chi connectivity index (χ4n) is 4.02. The maximum absolute atomic E-state index is 6.64. The summed E-state index contributed by atoms with van der Waals surface area (Å²) in [6.45, 7) is 2.15. The average molecular weight is 390 g/mol. The number of hydrogen-bond donors (Lipinski definition) is 0. The summed E-state index contributed by atoms with van der Waals surface area (Å²) in [6.07, 6.45) is 0.0446. The lowest BCUT2D eigenvalue weighted by Crippen LogP contribution is -2.20. The van der Waals surface area contributed by atoms with Gasteiger partial charge >= 0.3 is 0 Å². The molecule has 144 valence electrons. The molecule has 0 amide bonds. The van der Waals surface area contributed by atoms with Gasteiger partial charge in [-0.2, -0.15) is 0 Å². The third kappa shape index (κ3) is 3.76. The van der Waals surface area contributed by atoms with Crippen LogP contribution in [-0.4, -0.2) is 23.4 Å². The maximum Gasteiger partial charge on any atom is 0.189 e. The minimum atomic E-state index is -0.890. The highest BCUT2D eigenvalue weighted by Gasteiger charge is 2.46. The standard InChI is InChI=1S/C24H27N2OP/c1-19(20-13-7-4-8-14-20)27-28-25(2)23(21-15-9-5-10-16-21)24(26(28)3)22-17-11-6-12-18-22/h4-19,23-24H,1-3H3/t19-,23+,24+/m0/s1. The average Bonchev–Trinajstić information content (AvgIpc) is 3.00. The van der Waals surface area contributed by atoms with Crippen LogP contribution in [-0.2, 0) is 4.52 Å². The smallest absolute Gasteiger partial charge is 0.189 e. The third-order valence-electron chi connectivity index (χ3n) is 5.45. The monoisotopic (exact) mass is 390 g/mol. The maximum atomic E-state index is 6.64. The zero-order chi connectivity index (χ0) is 19.5. The van der Waals surface area contributed by atoms with Crippen LogP contribution in [0.3, 0.4) is 0 Å². The van der Waals surface area contributed by atoms with Crippen LogP contribution in [0.25, 0.3) is 0 Å². The number of benzene rings is 3. The number of rotatable bonds is 5. The van der Waals surface area contributed by atoms with Gasteiger partial charge in [0.2, 0.25) is 0 Å². The van der Waals surface area contributed by atoms with Gasteiger partial charge in [-0.1, -0.05) is 91.0 Å². The second-order valence-electron chi connectivity index (χ2n) is 7.27. The predicted octanol–water partition coefficient (Wildman–Crippen LogP) is 6.35. The molecule has 3 aromatic rings. The van der Waals surface area contributed by atoms with Crippen molar-refractivity contribution in [1.82, 2.24) is 9.34 Å². The minimum Gasteiger partial charge on any atom is -0.323 e. The summed E-state index contributed by atoms with van der Waals surface area (Å²) in [5.74, 6) is 0. The first-order valence-corrected chi connectivity index (χ1v) is 10.9. The van der Waals surface area contributed by atoms with Gasteiger partial charge < -0.3 is 4.52 Å². The number of nitrogens with zero attached hydrogens (tertiary/aromatic N) is 2. The molecule has 1 aliphatic rings. The van der Waals surface area contributed by atoms with Crippen LogP contribution in [0.4, 0.5) is 0 Å². The molecular formula is C24H27N2OP. The van der Waals surface area contributed by atoms with Crippen molar-refractivity contribution in [2.45, 2.75) is 25.1 Å². The Balaban J connectivity index is 1.67. The third-order valence-corrected chi connectivity index (χ3v) is 7.53. The van der Waals surface area contributed by atoms with Crippen molar-refractivity contribution in [3.8, 4) is 0 Å². The minimum absolute atomic E-state index is 0.0446. The topological polar surface area (TPSA) is 15.7 Å². The van der Waals surface area contributed by atoms with Gasteiger partial charge in [-0.3, -0.25) is 0 Å². The van der Waals surface area contributed by atoms with E-state index in [-0.39, 0.29) is 18.2 Å². The normalized spacial score (nSPS) is 22.4. The summed E-state index contributed by atoms with van der Waals surface area (Å²) in [5, 5.41) is 0. The Kier molecular flexibility index (Phi) is 5.89. The largest absolute Gasteiger partial charge is 0.323 e. The Bertz CT molecular complexity index is 823. The molecule has 4 heteroatoms. The van der Waals surface area contributed by atoms with E-state index < -0.39 is 8.45 Å². The van der Waals surface area contributed by atoms with Crippen LogP contribution >= 0.6 is 8.45 Å². The summed E-state index contributed by atoms with van der Waals surface area (Å²) in [7, 11) is 3.50. The highest BCUT2D eigenvalue weighted by atomic mass is 31.2. The summed E-state index contributed by atoms with van der Waals surface area (Å²) < 4.78 is 11.5. The summed E-state index contributed by atoms with van der Waals surface area (Å²) in [6, 6.07) is 32.5. The first kappa shape index (κ1) is 19.3. The van der Waals surface area contributed by atoms with Gasteiger partial charge in [-0.25, -0.2) is 9.34 Å². The van der Waals surface area contributed by atoms with Gasteiger partial charge in [0.05, 0.1) is 18.2 Å². The summed E-state index contributed by atoms with van der Waals surface area (Å²) in [4.78, 5) is 0. The van der Waals surface area contributed by atoms with E-state index in [9.17, 15) is 0 Å². The van der Waals surface area contributed by atoms with Gasteiger partial charge in [-0.05, 0) is 37.7 Å². The Labute approximate surface area is 169 Å². The molecule has 1 fully saturated rings. The first-order chi connectivity index (χ1) is 13.7. The van der Waals surface area contributed by atoms with Gasteiger partial charge in [0.15, 0.2) is 8.45 Å².